The van der Waals surface area contributed by atoms with E-state index in [1.54, 1.807) is 0 Å². The number of rotatable bonds is 6. The Labute approximate surface area is 179 Å². The molecule has 0 aromatic carbocycles. The van der Waals surface area contributed by atoms with Gasteiger partial charge in [0.05, 0.1) is 6.42 Å². The van der Waals surface area contributed by atoms with Crippen molar-refractivity contribution in [3.05, 3.63) is 0 Å². The van der Waals surface area contributed by atoms with Gasteiger partial charge in [-0.3, -0.25) is 14.1 Å². The molecule has 2 rings (SSSR count). The topological polar surface area (TPSA) is 107 Å². The largest absolute Gasteiger partial charge is 1.00 e. The van der Waals surface area contributed by atoms with E-state index in [9.17, 15) is 22.6 Å². The van der Waals surface area contributed by atoms with Crippen molar-refractivity contribution in [1.82, 2.24) is 0 Å². The molecule has 0 amide bonds. The van der Waals surface area contributed by atoms with Crippen LogP contribution >= 0.6 is 0 Å². The standard InChI is InChI=1S/C17H28O7S.Na.H/c1-17(25(20,21)22,16(19)24-14-10-6-3-7-11-14)12-15(18)23-13-8-4-2-5-9-13;;/h13-14H,2-12H2,1H3,(H,20,21,22);;/q;+1;-1. The molecule has 2 fully saturated rings. The Balaban J connectivity index is 0.00000338. The van der Waals surface area contributed by atoms with Crippen molar-refractivity contribution < 1.29 is 63.0 Å². The molecule has 7 nitrogen and oxygen atoms in total. The van der Waals surface area contributed by atoms with Gasteiger partial charge in [0.25, 0.3) is 10.1 Å². The van der Waals surface area contributed by atoms with Crippen LogP contribution in [0.5, 0.6) is 0 Å². The van der Waals surface area contributed by atoms with Crippen molar-refractivity contribution in [2.75, 3.05) is 0 Å². The molecule has 0 aromatic rings. The minimum atomic E-state index is -4.83. The van der Waals surface area contributed by atoms with Gasteiger partial charge in [0.2, 0.25) is 4.75 Å². The maximum absolute atomic E-state index is 12.4. The summed E-state index contributed by atoms with van der Waals surface area (Å²) in [4.78, 5) is 24.6. The Morgan fingerprint density at radius 2 is 1.38 bits per heavy atom. The van der Waals surface area contributed by atoms with Crippen LogP contribution < -0.4 is 29.6 Å². The SMILES string of the molecule is CC(CC(=O)OC1CCCCC1)(C(=O)OC1CCCCC1)S(=O)(=O)O.[H-].[Na+]. The normalized spacial score (nSPS) is 21.9. The first kappa shape index (κ1) is 23.9. The molecule has 0 saturated heterocycles. The van der Waals surface area contributed by atoms with E-state index in [1.807, 2.05) is 0 Å². The molecular weight excluding hydrogens is 371 g/mol. The second-order valence-electron chi connectivity index (χ2n) is 7.30. The summed E-state index contributed by atoms with van der Waals surface area (Å²) in [6.07, 6.45) is 7.32. The number of carbonyl (C=O) groups is 2. The molecule has 0 spiro atoms. The summed E-state index contributed by atoms with van der Waals surface area (Å²) < 4.78 is 41.4. The molecule has 1 atom stereocenters. The Morgan fingerprint density at radius 3 is 1.81 bits per heavy atom. The van der Waals surface area contributed by atoms with Crippen molar-refractivity contribution in [3.8, 4) is 0 Å². The molecule has 26 heavy (non-hydrogen) atoms. The molecule has 2 aliphatic rings. The first-order valence-corrected chi connectivity index (χ1v) is 10.5. The summed E-state index contributed by atoms with van der Waals surface area (Å²) in [7, 11) is -4.83. The molecule has 1 N–H and O–H groups in total. The zero-order chi connectivity index (χ0) is 18.5. The molecule has 0 heterocycles. The van der Waals surface area contributed by atoms with Gasteiger partial charge in [-0.25, -0.2) is 0 Å². The first-order chi connectivity index (χ1) is 11.7. The van der Waals surface area contributed by atoms with Crippen LogP contribution in [0.2, 0.25) is 0 Å². The summed E-state index contributed by atoms with van der Waals surface area (Å²) in [6, 6.07) is 0. The van der Waals surface area contributed by atoms with Crippen LogP contribution in [0.3, 0.4) is 0 Å². The molecule has 9 heteroatoms. The molecule has 0 radical (unpaired) electrons. The fourth-order valence-corrected chi connectivity index (χ4v) is 3.97. The van der Waals surface area contributed by atoms with E-state index < -0.39 is 33.2 Å². The van der Waals surface area contributed by atoms with E-state index in [2.05, 4.69) is 0 Å². The monoisotopic (exact) mass is 400 g/mol. The van der Waals surface area contributed by atoms with Crippen LogP contribution in [-0.4, -0.2) is 41.9 Å². The average molecular weight is 400 g/mol. The van der Waals surface area contributed by atoms with E-state index in [0.717, 1.165) is 58.3 Å². The first-order valence-electron chi connectivity index (χ1n) is 9.10. The van der Waals surface area contributed by atoms with E-state index in [0.29, 0.717) is 12.8 Å². The molecule has 2 aliphatic carbocycles. The van der Waals surface area contributed by atoms with Crippen molar-refractivity contribution in [2.24, 2.45) is 0 Å². The van der Waals surface area contributed by atoms with Crippen molar-refractivity contribution in [1.29, 1.82) is 0 Å². The third-order valence-electron chi connectivity index (χ3n) is 5.16. The molecule has 146 valence electrons. The van der Waals surface area contributed by atoms with Gasteiger partial charge in [0.15, 0.2) is 0 Å². The second kappa shape index (κ2) is 10.4. The molecule has 0 aliphatic heterocycles. The average Bonchev–Trinajstić information content (AvgIpc) is 2.55. The van der Waals surface area contributed by atoms with Crippen LogP contribution in [0, 0.1) is 0 Å². The summed E-state index contributed by atoms with van der Waals surface area (Å²) in [6.45, 7) is 1.02. The van der Waals surface area contributed by atoms with Gasteiger partial charge >= 0.3 is 41.5 Å². The summed E-state index contributed by atoms with van der Waals surface area (Å²) in [5.74, 6) is -1.88. The number of hydrogen-bond donors (Lipinski definition) is 1. The predicted octanol–water partition coefficient (Wildman–Crippen LogP) is -0.109. The Morgan fingerprint density at radius 1 is 0.962 bits per heavy atom. The minimum absolute atomic E-state index is 0. The van der Waals surface area contributed by atoms with Gasteiger partial charge in [0, 0.05) is 0 Å². The van der Waals surface area contributed by atoms with Gasteiger partial charge in [0.1, 0.15) is 12.2 Å². The number of ether oxygens (including phenoxy) is 2. The van der Waals surface area contributed by atoms with Crippen LogP contribution in [0.1, 0.15) is 79.0 Å². The summed E-state index contributed by atoms with van der Waals surface area (Å²) in [5, 5.41) is 0. The maximum atomic E-state index is 12.4. The maximum Gasteiger partial charge on any atom is 1.00 e. The second-order valence-corrected chi connectivity index (χ2v) is 9.15. The third-order valence-corrected chi connectivity index (χ3v) is 6.61. The predicted molar refractivity (Wildman–Crippen MR) is 91.6 cm³/mol. The van der Waals surface area contributed by atoms with Gasteiger partial charge < -0.3 is 10.9 Å². The smallest absolute Gasteiger partial charge is 1.00 e. The zero-order valence-corrected chi connectivity index (χ0v) is 18.6. The van der Waals surface area contributed by atoms with Crippen molar-refractivity contribution in [3.63, 3.8) is 0 Å². The Bertz CT molecular complexity index is 586. The number of carbonyl (C=O) groups excluding carboxylic acids is 2. The van der Waals surface area contributed by atoms with E-state index >= 15 is 0 Å². The van der Waals surface area contributed by atoms with E-state index in [1.165, 1.54) is 0 Å². The molecule has 1 unspecified atom stereocenters. The molecule has 2 saturated carbocycles. The van der Waals surface area contributed by atoms with Crippen molar-refractivity contribution in [2.45, 2.75) is 94.5 Å². The third kappa shape index (κ3) is 6.48. The molecule has 0 bridgehead atoms. The van der Waals surface area contributed by atoms with E-state index in [-0.39, 0.29) is 43.2 Å². The fraction of sp³-hybridized carbons (Fsp3) is 0.882. The van der Waals surface area contributed by atoms with Gasteiger partial charge in [-0.2, -0.15) is 8.42 Å². The molecular formula is C17H29NaO7S. The van der Waals surface area contributed by atoms with Gasteiger partial charge in [-0.05, 0) is 58.3 Å². The Kier molecular flexibility index (Phi) is 9.56. The molecule has 0 aromatic heterocycles. The minimum Gasteiger partial charge on any atom is -1.00 e. The van der Waals surface area contributed by atoms with Crippen LogP contribution in [0.25, 0.3) is 0 Å². The van der Waals surface area contributed by atoms with Gasteiger partial charge in [-0.15, -0.1) is 0 Å². The zero-order valence-electron chi connectivity index (χ0n) is 16.7. The summed E-state index contributed by atoms with van der Waals surface area (Å²) in [5.41, 5.74) is 0. The summed E-state index contributed by atoms with van der Waals surface area (Å²) >= 11 is 0. The van der Waals surface area contributed by atoms with Crippen molar-refractivity contribution >= 4 is 22.1 Å². The van der Waals surface area contributed by atoms with Crippen LogP contribution in [0.15, 0.2) is 0 Å². The van der Waals surface area contributed by atoms with Gasteiger partial charge in [-0.1, -0.05) is 12.8 Å². The van der Waals surface area contributed by atoms with Crippen LogP contribution in [-0.2, 0) is 29.2 Å². The number of esters is 2. The Hall–Kier alpha value is -0.150. The fourth-order valence-electron chi connectivity index (χ4n) is 3.41. The van der Waals surface area contributed by atoms with E-state index in [4.69, 9.17) is 9.47 Å². The van der Waals surface area contributed by atoms with Crippen LogP contribution in [0.4, 0.5) is 0 Å². The quantitative estimate of drug-likeness (QED) is 0.377. The number of hydrogen-bond acceptors (Lipinski definition) is 6.